The lowest BCUT2D eigenvalue weighted by Gasteiger charge is -2.29. The Bertz CT molecular complexity index is 859. The number of aliphatic hydroxyl groups is 2. The second-order valence-electron chi connectivity index (χ2n) is 7.03. The third kappa shape index (κ3) is 5.06. The lowest BCUT2D eigenvalue weighted by molar-refractivity contribution is 0.0906. The van der Waals surface area contributed by atoms with E-state index >= 15 is 0 Å². The molecule has 0 saturated carbocycles. The Kier molecular flexibility index (Phi) is 6.97. The van der Waals surface area contributed by atoms with Gasteiger partial charge in [0.2, 0.25) is 0 Å². The van der Waals surface area contributed by atoms with Crippen molar-refractivity contribution in [3.8, 4) is 11.3 Å². The quantitative estimate of drug-likeness (QED) is 0.503. The third-order valence-electron chi connectivity index (χ3n) is 5.07. The number of rotatable bonds is 9. The van der Waals surface area contributed by atoms with Gasteiger partial charge in [0.05, 0.1) is 18.8 Å². The fourth-order valence-corrected chi connectivity index (χ4v) is 3.83. The number of aliphatic hydroxyl groups excluding tert-OH is 2. The van der Waals surface area contributed by atoms with Gasteiger partial charge in [-0.2, -0.15) is 0 Å². The number of nitrogens with one attached hydrogen (secondary N) is 1. The molecular weight excluding hydrogens is 370 g/mol. The van der Waals surface area contributed by atoms with Gasteiger partial charge in [-0.15, -0.1) is 0 Å². The van der Waals surface area contributed by atoms with Crippen molar-refractivity contribution in [1.29, 1.82) is 0 Å². The lowest BCUT2D eigenvalue weighted by Crippen LogP contribution is -2.50. The summed E-state index contributed by atoms with van der Waals surface area (Å²) in [5.41, 5.74) is 1.64. The Labute approximate surface area is 170 Å². The van der Waals surface area contributed by atoms with E-state index in [0.29, 0.717) is 6.42 Å². The van der Waals surface area contributed by atoms with Gasteiger partial charge >= 0.3 is 0 Å². The first kappa shape index (κ1) is 20.7. The first-order chi connectivity index (χ1) is 13.6. The molecule has 0 radical (unpaired) electrons. The van der Waals surface area contributed by atoms with Crippen LogP contribution in [-0.4, -0.2) is 36.0 Å². The maximum absolute atomic E-state index is 9.52. The van der Waals surface area contributed by atoms with Crippen molar-refractivity contribution in [2.45, 2.75) is 35.1 Å². The molecule has 3 N–H and O–H groups in total. The lowest BCUT2D eigenvalue weighted by atomic mass is 9.93. The largest absolute Gasteiger partial charge is 0.461 e. The van der Waals surface area contributed by atoms with E-state index in [2.05, 4.69) is 53.8 Å². The monoisotopic (exact) mass is 397 g/mol. The molecule has 0 saturated heterocycles. The van der Waals surface area contributed by atoms with Crippen LogP contribution in [0.1, 0.15) is 17.7 Å². The highest BCUT2D eigenvalue weighted by molar-refractivity contribution is 7.99. The van der Waals surface area contributed by atoms with Crippen molar-refractivity contribution in [1.82, 2.24) is 5.32 Å². The first-order valence-electron chi connectivity index (χ1n) is 9.42. The Balaban J connectivity index is 1.59. The molecule has 0 bridgehead atoms. The highest BCUT2D eigenvalue weighted by Gasteiger charge is 2.25. The maximum Gasteiger partial charge on any atom is 0.134 e. The second kappa shape index (κ2) is 9.43. The zero-order valence-electron chi connectivity index (χ0n) is 16.3. The number of aryl methyl sites for hydroxylation is 2. The average molecular weight is 398 g/mol. The third-order valence-corrected chi connectivity index (χ3v) is 6.08. The van der Waals surface area contributed by atoms with Gasteiger partial charge in [-0.25, -0.2) is 0 Å². The molecule has 0 aliphatic rings. The molecule has 0 aliphatic heterocycles. The van der Waals surface area contributed by atoms with Crippen LogP contribution in [0.2, 0.25) is 0 Å². The summed E-state index contributed by atoms with van der Waals surface area (Å²) in [5, 5.41) is 22.1. The van der Waals surface area contributed by atoms with Gasteiger partial charge < -0.3 is 19.9 Å². The minimum absolute atomic E-state index is 0.0818. The van der Waals surface area contributed by atoms with Crippen LogP contribution in [0.15, 0.2) is 74.9 Å². The topological polar surface area (TPSA) is 65.6 Å². The van der Waals surface area contributed by atoms with Crippen LogP contribution < -0.4 is 5.32 Å². The fourth-order valence-electron chi connectivity index (χ4n) is 3.01. The summed E-state index contributed by atoms with van der Waals surface area (Å²) in [6.45, 7) is 1.78. The van der Waals surface area contributed by atoms with Crippen molar-refractivity contribution in [3.05, 3.63) is 72.0 Å². The summed E-state index contributed by atoms with van der Waals surface area (Å²) in [4.78, 5) is 2.35. The summed E-state index contributed by atoms with van der Waals surface area (Å²) in [5.74, 6) is 1.81. The van der Waals surface area contributed by atoms with Crippen LogP contribution in [0, 0.1) is 6.92 Å². The summed E-state index contributed by atoms with van der Waals surface area (Å²) in [6.07, 6.45) is 1.47. The van der Waals surface area contributed by atoms with E-state index in [4.69, 9.17) is 4.42 Å². The Morgan fingerprint density at radius 3 is 2.00 bits per heavy atom. The number of benzene rings is 2. The normalized spacial score (nSPS) is 11.7. The molecular formula is C23H27NO3S. The number of hydrogen-bond donors (Lipinski definition) is 3. The summed E-state index contributed by atoms with van der Waals surface area (Å²) < 4.78 is 5.67. The van der Waals surface area contributed by atoms with E-state index in [1.807, 2.05) is 19.1 Å². The Morgan fingerprint density at radius 2 is 1.50 bits per heavy atom. The molecule has 0 amide bonds. The smallest absolute Gasteiger partial charge is 0.134 e. The first-order valence-corrected chi connectivity index (χ1v) is 10.2. The van der Waals surface area contributed by atoms with Gasteiger partial charge in [0.1, 0.15) is 11.5 Å². The highest BCUT2D eigenvalue weighted by Crippen LogP contribution is 2.30. The standard InChI is InChI=1S/C23H27NO3S/c1-17-3-12-22(27-17)19-6-10-21(11-7-19)28-20-8-4-18(5-9-20)13-14-23(15-25,16-26)24-2/h3-12,24-26H,13-16H2,1-2H3. The van der Waals surface area contributed by atoms with Crippen molar-refractivity contribution in [3.63, 3.8) is 0 Å². The zero-order valence-corrected chi connectivity index (χ0v) is 17.1. The van der Waals surface area contributed by atoms with Crippen LogP contribution in [0.25, 0.3) is 11.3 Å². The van der Waals surface area contributed by atoms with E-state index in [0.717, 1.165) is 23.5 Å². The number of hydrogen-bond acceptors (Lipinski definition) is 5. The molecule has 0 spiro atoms. The number of likely N-dealkylation sites (N-methyl/N-ethyl adjacent to an activating group) is 1. The van der Waals surface area contributed by atoms with Gasteiger partial charge in [0.25, 0.3) is 0 Å². The predicted octanol–water partition coefficient (Wildman–Crippen LogP) is 4.28. The zero-order chi connectivity index (χ0) is 20.0. The molecule has 0 unspecified atom stereocenters. The predicted molar refractivity (Wildman–Crippen MR) is 114 cm³/mol. The molecule has 2 aromatic carbocycles. The number of furan rings is 1. The van der Waals surface area contributed by atoms with Crippen molar-refractivity contribution < 1.29 is 14.6 Å². The van der Waals surface area contributed by atoms with E-state index in [1.54, 1.807) is 18.8 Å². The highest BCUT2D eigenvalue weighted by atomic mass is 32.2. The minimum atomic E-state index is -0.623. The van der Waals surface area contributed by atoms with E-state index in [9.17, 15) is 10.2 Å². The molecule has 148 valence electrons. The summed E-state index contributed by atoms with van der Waals surface area (Å²) in [7, 11) is 1.77. The van der Waals surface area contributed by atoms with E-state index in [1.165, 1.54) is 15.4 Å². The van der Waals surface area contributed by atoms with Gasteiger partial charge in [-0.1, -0.05) is 36.0 Å². The van der Waals surface area contributed by atoms with Gasteiger partial charge in [0, 0.05) is 15.4 Å². The van der Waals surface area contributed by atoms with Crippen molar-refractivity contribution in [2.75, 3.05) is 20.3 Å². The fraction of sp³-hybridized carbons (Fsp3) is 0.304. The molecule has 1 heterocycles. The molecule has 0 aliphatic carbocycles. The van der Waals surface area contributed by atoms with Crippen LogP contribution in [-0.2, 0) is 6.42 Å². The molecule has 1 aromatic heterocycles. The van der Waals surface area contributed by atoms with Crippen LogP contribution in [0.3, 0.4) is 0 Å². The van der Waals surface area contributed by atoms with Crippen molar-refractivity contribution >= 4 is 11.8 Å². The van der Waals surface area contributed by atoms with Crippen LogP contribution >= 0.6 is 11.8 Å². The van der Waals surface area contributed by atoms with E-state index < -0.39 is 5.54 Å². The molecule has 3 rings (SSSR count). The SMILES string of the molecule is CNC(CO)(CO)CCc1ccc(Sc2ccc(-c3ccc(C)o3)cc2)cc1. The minimum Gasteiger partial charge on any atom is -0.461 e. The molecule has 4 nitrogen and oxygen atoms in total. The van der Waals surface area contributed by atoms with Gasteiger partial charge in [-0.3, -0.25) is 0 Å². The maximum atomic E-state index is 9.52. The van der Waals surface area contributed by atoms with Crippen LogP contribution in [0.5, 0.6) is 0 Å². The molecule has 3 aromatic rings. The summed E-state index contributed by atoms with van der Waals surface area (Å²) in [6, 6.07) is 20.8. The molecule has 0 atom stereocenters. The Morgan fingerprint density at radius 1 is 0.893 bits per heavy atom. The van der Waals surface area contributed by atoms with Gasteiger partial charge in [0.15, 0.2) is 0 Å². The molecule has 5 heteroatoms. The second-order valence-corrected chi connectivity index (χ2v) is 8.17. The molecule has 0 fully saturated rings. The average Bonchev–Trinajstić information content (AvgIpc) is 3.17. The summed E-state index contributed by atoms with van der Waals surface area (Å²) >= 11 is 1.72. The molecule has 28 heavy (non-hydrogen) atoms. The Hall–Kier alpha value is -2.05. The van der Waals surface area contributed by atoms with Crippen LogP contribution in [0.4, 0.5) is 0 Å². The van der Waals surface area contributed by atoms with Crippen molar-refractivity contribution in [2.24, 2.45) is 0 Å². The van der Waals surface area contributed by atoms with Gasteiger partial charge in [-0.05, 0) is 68.8 Å². The van der Waals surface area contributed by atoms with E-state index in [-0.39, 0.29) is 13.2 Å².